The Hall–Kier alpha value is -2.09. The molecule has 4 nitrogen and oxygen atoms in total. The number of nitrogens with zero attached hydrogens (tertiary/aromatic N) is 2. The Labute approximate surface area is 152 Å². The smallest absolute Gasteiger partial charge is 0.291 e. The third kappa shape index (κ3) is 2.86. The van der Waals surface area contributed by atoms with Gasteiger partial charge in [0, 0.05) is 30.2 Å². The van der Waals surface area contributed by atoms with E-state index in [0.29, 0.717) is 30.2 Å². The second-order valence-corrected chi connectivity index (χ2v) is 7.03. The number of amides is 1. The van der Waals surface area contributed by atoms with E-state index in [1.54, 1.807) is 6.07 Å². The van der Waals surface area contributed by atoms with Gasteiger partial charge in [0.05, 0.1) is 12.1 Å². The molecular weight excluding hydrogens is 367 g/mol. The average molecular weight is 382 g/mol. The summed E-state index contributed by atoms with van der Waals surface area (Å²) in [7, 11) is 0. The van der Waals surface area contributed by atoms with Crippen LogP contribution in [0.5, 0.6) is 0 Å². The van der Waals surface area contributed by atoms with E-state index in [9.17, 15) is 18.0 Å². The van der Waals surface area contributed by atoms with E-state index in [1.807, 2.05) is 17.0 Å². The molecule has 2 heterocycles. The molecule has 8 heteroatoms. The van der Waals surface area contributed by atoms with Crippen LogP contribution in [0, 0.1) is 0 Å². The number of hydrazine groups is 1. The van der Waals surface area contributed by atoms with Crippen LogP contribution >= 0.6 is 11.6 Å². The molecule has 2 aromatic rings. The fourth-order valence-electron chi connectivity index (χ4n) is 3.65. The zero-order valence-electron chi connectivity index (χ0n) is 13.6. The van der Waals surface area contributed by atoms with Crippen LogP contribution in [-0.2, 0) is 32.4 Å². The molecule has 136 valence electrons. The molecule has 0 unspecified atom stereocenters. The van der Waals surface area contributed by atoms with Crippen molar-refractivity contribution in [2.24, 2.45) is 5.84 Å². The largest absolute Gasteiger partial charge is 0.416 e. The summed E-state index contributed by atoms with van der Waals surface area (Å²) in [5.41, 5.74) is 1.69. The summed E-state index contributed by atoms with van der Waals surface area (Å²) in [5.74, 6) is 4.94. The van der Waals surface area contributed by atoms with Crippen molar-refractivity contribution in [3.63, 3.8) is 0 Å². The minimum atomic E-state index is -4.54. The predicted octanol–water partition coefficient (Wildman–Crippen LogP) is 3.70. The van der Waals surface area contributed by atoms with E-state index < -0.39 is 17.6 Å². The summed E-state index contributed by atoms with van der Waals surface area (Å²) in [5, 5.41) is 1.47. The third-order valence-corrected chi connectivity index (χ3v) is 5.19. The van der Waals surface area contributed by atoms with Crippen LogP contribution in [-0.4, -0.2) is 15.8 Å². The maximum absolute atomic E-state index is 13.5. The molecular formula is C18H15ClF3N3O. The molecule has 0 saturated heterocycles. The zero-order chi connectivity index (χ0) is 18.6. The van der Waals surface area contributed by atoms with Gasteiger partial charge in [0.15, 0.2) is 0 Å². The van der Waals surface area contributed by atoms with Crippen LogP contribution in [0.25, 0.3) is 0 Å². The van der Waals surface area contributed by atoms with Crippen LogP contribution in [0.15, 0.2) is 30.3 Å². The van der Waals surface area contributed by atoms with E-state index >= 15 is 0 Å². The number of nitrogens with two attached hydrogens (primary N) is 1. The quantitative estimate of drug-likeness (QED) is 0.637. The molecule has 0 bridgehead atoms. The lowest BCUT2D eigenvalue weighted by atomic mass is 9.98. The van der Waals surface area contributed by atoms with Gasteiger partial charge in [-0.15, -0.1) is 0 Å². The lowest BCUT2D eigenvalue weighted by Gasteiger charge is -2.18. The highest BCUT2D eigenvalue weighted by atomic mass is 35.5. The van der Waals surface area contributed by atoms with Gasteiger partial charge in [0.1, 0.15) is 0 Å². The molecule has 2 aromatic carbocycles. The standard InChI is InChI=1S/C18H15ClF3N3O/c19-16-3-1-2-11-7-24(8-13(11)16)6-10-4-12-14(9-25(23)17(12)26)15(5-10)18(20,21)22/h1-5H,6-9,23H2. The molecule has 0 aliphatic carbocycles. The van der Waals surface area contributed by atoms with Crippen molar-refractivity contribution >= 4 is 17.5 Å². The first kappa shape index (κ1) is 17.3. The maximum atomic E-state index is 13.5. The zero-order valence-corrected chi connectivity index (χ0v) is 14.4. The first-order valence-corrected chi connectivity index (χ1v) is 8.40. The Morgan fingerprint density at radius 3 is 2.58 bits per heavy atom. The van der Waals surface area contributed by atoms with Gasteiger partial charge in [-0.3, -0.25) is 14.7 Å². The van der Waals surface area contributed by atoms with Crippen molar-refractivity contribution in [2.75, 3.05) is 0 Å². The van der Waals surface area contributed by atoms with Crippen LogP contribution in [0.2, 0.25) is 5.02 Å². The third-order valence-electron chi connectivity index (χ3n) is 4.83. The van der Waals surface area contributed by atoms with Crippen molar-refractivity contribution in [1.82, 2.24) is 9.91 Å². The fraction of sp³-hybridized carbons (Fsp3) is 0.278. The van der Waals surface area contributed by atoms with Crippen molar-refractivity contribution in [3.8, 4) is 0 Å². The van der Waals surface area contributed by atoms with Crippen LogP contribution in [0.4, 0.5) is 13.2 Å². The molecule has 0 atom stereocenters. The molecule has 4 rings (SSSR count). The van der Waals surface area contributed by atoms with Crippen molar-refractivity contribution in [2.45, 2.75) is 32.4 Å². The topological polar surface area (TPSA) is 49.6 Å². The number of rotatable bonds is 2. The molecule has 1 amide bonds. The number of alkyl halides is 3. The highest BCUT2D eigenvalue weighted by molar-refractivity contribution is 6.31. The first-order chi connectivity index (χ1) is 12.2. The van der Waals surface area contributed by atoms with Gasteiger partial charge in [-0.05, 0) is 40.5 Å². The minimum absolute atomic E-state index is 0.0343. The van der Waals surface area contributed by atoms with Gasteiger partial charge in [0.25, 0.3) is 5.91 Å². The lowest BCUT2D eigenvalue weighted by molar-refractivity contribution is -0.138. The highest BCUT2D eigenvalue weighted by Gasteiger charge is 2.39. The molecule has 2 aliphatic heterocycles. The molecule has 26 heavy (non-hydrogen) atoms. The number of hydrogen-bond acceptors (Lipinski definition) is 3. The van der Waals surface area contributed by atoms with E-state index in [4.69, 9.17) is 17.4 Å². The number of carbonyl (C=O) groups excluding carboxylic acids is 1. The molecule has 2 aliphatic rings. The van der Waals surface area contributed by atoms with Crippen molar-refractivity contribution in [1.29, 1.82) is 0 Å². The number of fused-ring (bicyclic) bond motifs is 2. The summed E-state index contributed by atoms with van der Waals surface area (Å²) in [6.45, 7) is 1.23. The molecule has 2 N–H and O–H groups in total. The Morgan fingerprint density at radius 1 is 1.12 bits per heavy atom. The fourth-order valence-corrected chi connectivity index (χ4v) is 3.91. The second-order valence-electron chi connectivity index (χ2n) is 6.62. The van der Waals surface area contributed by atoms with E-state index in [2.05, 4.69) is 0 Å². The van der Waals surface area contributed by atoms with E-state index in [0.717, 1.165) is 22.2 Å². The monoisotopic (exact) mass is 381 g/mol. The lowest BCUT2D eigenvalue weighted by Crippen LogP contribution is -2.30. The van der Waals surface area contributed by atoms with Crippen LogP contribution < -0.4 is 5.84 Å². The van der Waals surface area contributed by atoms with Gasteiger partial charge >= 0.3 is 6.18 Å². The second kappa shape index (κ2) is 5.97. The first-order valence-electron chi connectivity index (χ1n) is 8.02. The van der Waals surface area contributed by atoms with Crippen molar-refractivity contribution in [3.05, 3.63) is 68.7 Å². The molecule has 0 fully saturated rings. The summed E-state index contributed by atoms with van der Waals surface area (Å²) in [6, 6.07) is 8.26. The molecule has 0 aromatic heterocycles. The Balaban J connectivity index is 1.67. The van der Waals surface area contributed by atoms with E-state index in [1.165, 1.54) is 6.07 Å². The number of hydrogen-bond donors (Lipinski definition) is 1. The highest BCUT2D eigenvalue weighted by Crippen LogP contribution is 2.38. The minimum Gasteiger partial charge on any atom is -0.291 e. The van der Waals surface area contributed by atoms with Crippen molar-refractivity contribution < 1.29 is 18.0 Å². The summed E-state index contributed by atoms with van der Waals surface area (Å²) in [6.07, 6.45) is -4.54. The Morgan fingerprint density at radius 2 is 1.88 bits per heavy atom. The summed E-state index contributed by atoms with van der Waals surface area (Å²) < 4.78 is 40.4. The van der Waals surface area contributed by atoms with Crippen LogP contribution in [0.1, 0.15) is 38.2 Å². The Bertz CT molecular complexity index is 913. The van der Waals surface area contributed by atoms with Gasteiger partial charge in [0.2, 0.25) is 0 Å². The van der Waals surface area contributed by atoms with Crippen LogP contribution in [0.3, 0.4) is 0 Å². The maximum Gasteiger partial charge on any atom is 0.416 e. The predicted molar refractivity (Wildman–Crippen MR) is 89.9 cm³/mol. The average Bonchev–Trinajstić information content (AvgIpc) is 3.09. The summed E-state index contributed by atoms with van der Waals surface area (Å²) in [4.78, 5) is 14.1. The summed E-state index contributed by atoms with van der Waals surface area (Å²) >= 11 is 6.20. The van der Waals surface area contributed by atoms with E-state index in [-0.39, 0.29) is 17.7 Å². The van der Waals surface area contributed by atoms with Gasteiger partial charge in [-0.1, -0.05) is 23.7 Å². The number of benzene rings is 2. The Kier molecular flexibility index (Phi) is 3.98. The molecule has 0 saturated carbocycles. The number of carbonyl (C=O) groups is 1. The van der Waals surface area contributed by atoms with Gasteiger partial charge < -0.3 is 0 Å². The SMILES string of the molecule is NN1Cc2c(cc(CN3Cc4cccc(Cl)c4C3)cc2C(F)(F)F)C1=O. The number of halogens is 4. The van der Waals surface area contributed by atoms with Gasteiger partial charge in [-0.2, -0.15) is 13.2 Å². The molecule has 0 spiro atoms. The normalized spacial score (nSPS) is 17.0. The van der Waals surface area contributed by atoms with Gasteiger partial charge in [-0.25, -0.2) is 5.84 Å². The molecule has 0 radical (unpaired) electrons.